The van der Waals surface area contributed by atoms with Gasteiger partial charge in [0.1, 0.15) is 0 Å². The van der Waals surface area contributed by atoms with Crippen LogP contribution < -0.4 is 21.9 Å². The van der Waals surface area contributed by atoms with Crippen LogP contribution in [0.15, 0.2) is 15.8 Å². The van der Waals surface area contributed by atoms with Crippen molar-refractivity contribution in [3.63, 3.8) is 0 Å². The van der Waals surface area contributed by atoms with Crippen molar-refractivity contribution in [2.45, 2.75) is 25.9 Å². The molecule has 0 spiro atoms. The monoisotopic (exact) mass is 252 g/mol. The highest BCUT2D eigenvalue weighted by atomic mass is 16.2. The Morgan fingerprint density at radius 1 is 1.33 bits per heavy atom. The summed E-state index contributed by atoms with van der Waals surface area (Å²) in [6.07, 6.45) is 2.03. The third-order valence-corrected chi connectivity index (χ3v) is 2.98. The van der Waals surface area contributed by atoms with Crippen molar-refractivity contribution < 1.29 is 4.79 Å². The molecule has 98 valence electrons. The Balaban J connectivity index is 2.06. The van der Waals surface area contributed by atoms with Crippen molar-refractivity contribution >= 4 is 5.91 Å². The van der Waals surface area contributed by atoms with Gasteiger partial charge in [0.25, 0.3) is 5.56 Å². The van der Waals surface area contributed by atoms with Gasteiger partial charge in [-0.25, -0.2) is 4.79 Å². The minimum Gasteiger partial charge on any atom is -0.353 e. The molecule has 1 atom stereocenters. The number of hydrogen-bond acceptors (Lipinski definition) is 4. The second-order valence-electron chi connectivity index (χ2n) is 4.35. The molecule has 0 radical (unpaired) electrons. The maximum atomic E-state index is 11.5. The van der Waals surface area contributed by atoms with Gasteiger partial charge in [-0.15, -0.1) is 0 Å². The number of rotatable bonds is 3. The fourth-order valence-electron chi connectivity index (χ4n) is 1.93. The highest BCUT2D eigenvalue weighted by molar-refractivity contribution is 5.82. The number of carbonyl (C=O) groups is 1. The summed E-state index contributed by atoms with van der Waals surface area (Å²) in [5, 5.41) is 5.84. The van der Waals surface area contributed by atoms with Crippen molar-refractivity contribution in [2.24, 2.45) is 0 Å². The zero-order valence-electron chi connectivity index (χ0n) is 10.2. The SMILES string of the molecule is Cc1cn(CCC2NCCNC2=O)c(=O)[nH]c1=O. The van der Waals surface area contributed by atoms with Crippen molar-refractivity contribution in [1.82, 2.24) is 20.2 Å². The second kappa shape index (κ2) is 5.18. The molecule has 7 nitrogen and oxygen atoms in total. The Hall–Kier alpha value is -1.89. The van der Waals surface area contributed by atoms with E-state index in [1.54, 1.807) is 6.92 Å². The highest BCUT2D eigenvalue weighted by Gasteiger charge is 2.20. The summed E-state index contributed by atoms with van der Waals surface area (Å²) in [4.78, 5) is 36.5. The molecule has 1 fully saturated rings. The summed E-state index contributed by atoms with van der Waals surface area (Å²) in [5.41, 5.74) is -0.331. The minimum absolute atomic E-state index is 0.0459. The van der Waals surface area contributed by atoms with Crippen LogP contribution in [0.5, 0.6) is 0 Å². The summed E-state index contributed by atoms with van der Waals surface area (Å²) in [5.74, 6) is -0.0459. The predicted molar refractivity (Wildman–Crippen MR) is 65.5 cm³/mol. The van der Waals surface area contributed by atoms with Crippen molar-refractivity contribution in [2.75, 3.05) is 13.1 Å². The first kappa shape index (κ1) is 12.6. The highest BCUT2D eigenvalue weighted by Crippen LogP contribution is 1.98. The van der Waals surface area contributed by atoms with Gasteiger partial charge in [0.05, 0.1) is 6.04 Å². The Morgan fingerprint density at radius 3 is 2.83 bits per heavy atom. The minimum atomic E-state index is -0.443. The molecule has 2 rings (SSSR count). The van der Waals surface area contributed by atoms with Crippen LogP contribution in [0.2, 0.25) is 0 Å². The molecular weight excluding hydrogens is 236 g/mol. The lowest BCUT2D eigenvalue weighted by atomic mass is 10.1. The van der Waals surface area contributed by atoms with Crippen LogP contribution in [0.3, 0.4) is 0 Å². The first-order valence-corrected chi connectivity index (χ1v) is 5.89. The summed E-state index contributed by atoms with van der Waals surface area (Å²) in [6, 6.07) is -0.280. The number of H-pyrrole nitrogens is 1. The van der Waals surface area contributed by atoms with E-state index in [4.69, 9.17) is 0 Å². The molecule has 0 saturated carbocycles. The molecule has 0 bridgehead atoms. The lowest BCUT2D eigenvalue weighted by molar-refractivity contribution is -0.124. The third-order valence-electron chi connectivity index (χ3n) is 2.98. The molecule has 1 saturated heterocycles. The van der Waals surface area contributed by atoms with Gasteiger partial charge in [0, 0.05) is 31.4 Å². The Kier molecular flexibility index (Phi) is 3.61. The number of nitrogens with one attached hydrogen (secondary N) is 3. The van der Waals surface area contributed by atoms with E-state index in [-0.39, 0.29) is 17.5 Å². The van der Waals surface area contributed by atoms with Gasteiger partial charge in [-0.2, -0.15) is 0 Å². The van der Waals surface area contributed by atoms with Gasteiger partial charge >= 0.3 is 5.69 Å². The van der Waals surface area contributed by atoms with E-state index in [0.29, 0.717) is 25.1 Å². The molecule has 1 aliphatic heterocycles. The number of carbonyl (C=O) groups excluding carboxylic acids is 1. The molecule has 0 aliphatic carbocycles. The topological polar surface area (TPSA) is 96.0 Å². The van der Waals surface area contributed by atoms with E-state index in [0.717, 1.165) is 6.54 Å². The van der Waals surface area contributed by atoms with Crippen LogP contribution in [0.1, 0.15) is 12.0 Å². The molecule has 1 aromatic heterocycles. The lowest BCUT2D eigenvalue weighted by Crippen LogP contribution is -2.53. The van der Waals surface area contributed by atoms with E-state index in [2.05, 4.69) is 15.6 Å². The average molecular weight is 252 g/mol. The number of aryl methyl sites for hydroxylation is 2. The van der Waals surface area contributed by atoms with E-state index >= 15 is 0 Å². The van der Waals surface area contributed by atoms with Crippen LogP contribution >= 0.6 is 0 Å². The van der Waals surface area contributed by atoms with Gasteiger partial charge < -0.3 is 15.2 Å². The Bertz CT molecular complexity index is 560. The van der Waals surface area contributed by atoms with Crippen LogP contribution in [0.25, 0.3) is 0 Å². The van der Waals surface area contributed by atoms with Crippen LogP contribution in [-0.2, 0) is 11.3 Å². The second-order valence-corrected chi connectivity index (χ2v) is 4.35. The Labute approximate surface area is 103 Å². The summed E-state index contributed by atoms with van der Waals surface area (Å²) in [7, 11) is 0. The maximum absolute atomic E-state index is 11.5. The molecule has 2 heterocycles. The Morgan fingerprint density at radius 2 is 2.11 bits per heavy atom. The number of piperazine rings is 1. The molecule has 1 aromatic rings. The number of aromatic nitrogens is 2. The van der Waals surface area contributed by atoms with Crippen LogP contribution in [0, 0.1) is 6.92 Å². The molecular formula is C11H16N4O3. The molecule has 1 aliphatic rings. The standard InChI is InChI=1S/C11H16N4O3/c1-7-6-15(11(18)14-9(7)16)5-2-8-10(17)13-4-3-12-8/h6,8,12H,2-5H2,1H3,(H,13,17)(H,14,16,18). The molecule has 0 aromatic carbocycles. The fourth-order valence-corrected chi connectivity index (χ4v) is 1.93. The fraction of sp³-hybridized carbons (Fsp3) is 0.545. The van der Waals surface area contributed by atoms with Gasteiger partial charge in [-0.3, -0.25) is 14.6 Å². The third kappa shape index (κ3) is 2.67. The smallest absolute Gasteiger partial charge is 0.328 e. The van der Waals surface area contributed by atoms with Crippen molar-refractivity contribution in [3.05, 3.63) is 32.6 Å². The quantitative estimate of drug-likeness (QED) is 0.599. The predicted octanol–water partition coefficient (Wildman–Crippen LogP) is -1.68. The van der Waals surface area contributed by atoms with E-state index in [1.165, 1.54) is 10.8 Å². The van der Waals surface area contributed by atoms with Crippen molar-refractivity contribution in [3.8, 4) is 0 Å². The lowest BCUT2D eigenvalue weighted by Gasteiger charge is -2.23. The van der Waals surface area contributed by atoms with Gasteiger partial charge in [-0.05, 0) is 13.3 Å². The van der Waals surface area contributed by atoms with E-state index < -0.39 is 5.69 Å². The number of amides is 1. The van der Waals surface area contributed by atoms with Gasteiger partial charge in [0.2, 0.25) is 5.91 Å². The molecule has 7 heteroatoms. The zero-order valence-corrected chi connectivity index (χ0v) is 10.2. The van der Waals surface area contributed by atoms with E-state index in [1.807, 2.05) is 0 Å². The van der Waals surface area contributed by atoms with Gasteiger partial charge in [-0.1, -0.05) is 0 Å². The average Bonchev–Trinajstić information content (AvgIpc) is 2.34. The number of hydrogen-bond donors (Lipinski definition) is 3. The largest absolute Gasteiger partial charge is 0.353 e. The van der Waals surface area contributed by atoms with Crippen molar-refractivity contribution in [1.29, 1.82) is 0 Å². The maximum Gasteiger partial charge on any atom is 0.328 e. The van der Waals surface area contributed by atoms with Gasteiger partial charge in [0.15, 0.2) is 0 Å². The summed E-state index contributed by atoms with van der Waals surface area (Å²) < 4.78 is 1.42. The summed E-state index contributed by atoms with van der Waals surface area (Å²) in [6.45, 7) is 3.39. The normalized spacial score (nSPS) is 19.6. The molecule has 1 amide bonds. The first-order chi connectivity index (χ1) is 8.58. The first-order valence-electron chi connectivity index (χ1n) is 5.89. The molecule has 3 N–H and O–H groups in total. The van der Waals surface area contributed by atoms with Crippen LogP contribution in [0.4, 0.5) is 0 Å². The number of aromatic amines is 1. The van der Waals surface area contributed by atoms with Crippen LogP contribution in [-0.4, -0.2) is 34.6 Å². The molecule has 1 unspecified atom stereocenters. The van der Waals surface area contributed by atoms with E-state index in [9.17, 15) is 14.4 Å². The molecule has 18 heavy (non-hydrogen) atoms. The number of nitrogens with zero attached hydrogens (tertiary/aromatic N) is 1. The zero-order chi connectivity index (χ0) is 13.1. The summed E-state index contributed by atoms with van der Waals surface area (Å²) >= 11 is 0.